The van der Waals surface area contributed by atoms with Crippen LogP contribution in [0.4, 0.5) is 0 Å². The lowest BCUT2D eigenvalue weighted by molar-refractivity contribution is -0.111. The van der Waals surface area contributed by atoms with E-state index in [-0.39, 0.29) is 0 Å². The number of aromatic nitrogens is 1. The number of hydrogen-bond donors (Lipinski definition) is 0. The van der Waals surface area contributed by atoms with Crippen molar-refractivity contribution < 1.29 is 9.59 Å². The number of carbonyl (C=O) groups is 2. The molecule has 0 amide bonds. The molecule has 0 unspecified atom stereocenters. The summed E-state index contributed by atoms with van der Waals surface area (Å²) in [6, 6.07) is 3.28. The number of pyridine rings is 1. The van der Waals surface area contributed by atoms with E-state index in [1.165, 1.54) is 6.08 Å². The Morgan fingerprint density at radius 2 is 2.08 bits per heavy atom. The molecule has 64 valence electrons. The number of ketones is 2. The van der Waals surface area contributed by atoms with Crippen molar-refractivity contribution >= 4 is 17.1 Å². The maximum atomic E-state index is 11.3. The molecule has 0 radical (unpaired) electrons. The standard InChI is InChI=1S/C10H7NO2/c1-6-5-8(12)10(13)7-3-2-4-11-9(6)7/h2-5H,1H3. The summed E-state index contributed by atoms with van der Waals surface area (Å²) < 4.78 is 0. The van der Waals surface area contributed by atoms with Gasteiger partial charge in [-0.2, -0.15) is 0 Å². The van der Waals surface area contributed by atoms with Gasteiger partial charge < -0.3 is 0 Å². The molecule has 3 nitrogen and oxygen atoms in total. The van der Waals surface area contributed by atoms with Crippen LogP contribution in [0.25, 0.3) is 5.57 Å². The van der Waals surface area contributed by atoms with Crippen LogP contribution >= 0.6 is 0 Å². The van der Waals surface area contributed by atoms with Crippen molar-refractivity contribution in [3.8, 4) is 0 Å². The highest BCUT2D eigenvalue weighted by Crippen LogP contribution is 2.21. The average molecular weight is 173 g/mol. The second-order valence-electron chi connectivity index (χ2n) is 2.92. The Morgan fingerprint density at radius 1 is 1.31 bits per heavy atom. The third kappa shape index (κ3) is 1.09. The van der Waals surface area contributed by atoms with Gasteiger partial charge >= 0.3 is 0 Å². The van der Waals surface area contributed by atoms with Gasteiger partial charge in [0, 0.05) is 6.20 Å². The number of carbonyl (C=O) groups excluding carboxylic acids is 2. The molecule has 1 aliphatic carbocycles. The topological polar surface area (TPSA) is 47.0 Å². The second kappa shape index (κ2) is 2.62. The zero-order valence-corrected chi connectivity index (χ0v) is 7.07. The van der Waals surface area contributed by atoms with Gasteiger partial charge in [-0.3, -0.25) is 14.6 Å². The summed E-state index contributed by atoms with van der Waals surface area (Å²) in [4.78, 5) is 26.5. The summed E-state index contributed by atoms with van der Waals surface area (Å²) in [6.07, 6.45) is 2.94. The highest BCUT2D eigenvalue weighted by atomic mass is 16.2. The summed E-state index contributed by atoms with van der Waals surface area (Å²) in [5, 5.41) is 0. The summed E-state index contributed by atoms with van der Waals surface area (Å²) in [7, 11) is 0. The van der Waals surface area contributed by atoms with Gasteiger partial charge in [0.05, 0.1) is 11.3 Å². The van der Waals surface area contributed by atoms with Gasteiger partial charge in [0.1, 0.15) is 0 Å². The smallest absolute Gasteiger partial charge is 0.235 e. The molecule has 2 rings (SSSR count). The zero-order chi connectivity index (χ0) is 9.42. The Hall–Kier alpha value is -1.77. The fraction of sp³-hybridized carbons (Fsp3) is 0.100. The lowest BCUT2D eigenvalue weighted by Gasteiger charge is -2.10. The predicted octanol–water partition coefficient (Wildman–Crippen LogP) is 1.25. The van der Waals surface area contributed by atoms with Crippen molar-refractivity contribution in [3.63, 3.8) is 0 Å². The quantitative estimate of drug-likeness (QED) is 0.555. The predicted molar refractivity (Wildman–Crippen MR) is 47.2 cm³/mol. The molecule has 1 heterocycles. The number of hydrogen-bond acceptors (Lipinski definition) is 3. The van der Waals surface area contributed by atoms with Crippen LogP contribution in [0.3, 0.4) is 0 Å². The van der Waals surface area contributed by atoms with Crippen molar-refractivity contribution in [2.45, 2.75) is 6.92 Å². The highest BCUT2D eigenvalue weighted by Gasteiger charge is 2.23. The summed E-state index contributed by atoms with van der Waals surface area (Å²) in [6.45, 7) is 1.77. The van der Waals surface area contributed by atoms with Crippen molar-refractivity contribution in [1.29, 1.82) is 0 Å². The Bertz CT molecular complexity index is 432. The molecular weight excluding hydrogens is 166 g/mol. The van der Waals surface area contributed by atoms with Crippen LogP contribution in [0.2, 0.25) is 0 Å². The molecular formula is C10H7NO2. The molecule has 0 saturated heterocycles. The fourth-order valence-corrected chi connectivity index (χ4v) is 1.37. The van der Waals surface area contributed by atoms with Crippen LogP contribution in [0, 0.1) is 0 Å². The number of fused-ring (bicyclic) bond motifs is 1. The molecule has 13 heavy (non-hydrogen) atoms. The van der Waals surface area contributed by atoms with Crippen molar-refractivity contribution in [1.82, 2.24) is 4.98 Å². The first-order valence-corrected chi connectivity index (χ1v) is 3.92. The molecule has 0 fully saturated rings. The van der Waals surface area contributed by atoms with Gasteiger partial charge in [-0.15, -0.1) is 0 Å². The van der Waals surface area contributed by atoms with Crippen LogP contribution in [-0.4, -0.2) is 16.6 Å². The van der Waals surface area contributed by atoms with E-state index in [1.807, 2.05) is 0 Å². The summed E-state index contributed by atoms with van der Waals surface area (Å²) in [5.74, 6) is -0.924. The van der Waals surface area contributed by atoms with Gasteiger partial charge in [-0.05, 0) is 30.7 Å². The fourth-order valence-electron chi connectivity index (χ4n) is 1.37. The lowest BCUT2D eigenvalue weighted by Crippen LogP contribution is -2.18. The van der Waals surface area contributed by atoms with E-state index in [4.69, 9.17) is 0 Å². The Kier molecular flexibility index (Phi) is 1.59. The molecule has 1 aromatic rings. The van der Waals surface area contributed by atoms with E-state index in [1.54, 1.807) is 25.3 Å². The van der Waals surface area contributed by atoms with Gasteiger partial charge in [0.15, 0.2) is 0 Å². The van der Waals surface area contributed by atoms with Crippen molar-refractivity contribution in [2.24, 2.45) is 0 Å². The van der Waals surface area contributed by atoms with E-state index in [0.29, 0.717) is 11.3 Å². The first-order valence-electron chi connectivity index (χ1n) is 3.92. The first kappa shape index (κ1) is 7.86. The van der Waals surface area contributed by atoms with Crippen LogP contribution in [0.5, 0.6) is 0 Å². The maximum Gasteiger partial charge on any atom is 0.235 e. The molecule has 0 N–H and O–H groups in total. The van der Waals surface area contributed by atoms with Gasteiger partial charge in [0.2, 0.25) is 11.6 Å². The number of allylic oxidation sites excluding steroid dienone is 2. The van der Waals surface area contributed by atoms with Gasteiger partial charge in [0.25, 0.3) is 0 Å². The van der Waals surface area contributed by atoms with Crippen LogP contribution in [0.15, 0.2) is 24.4 Å². The third-order valence-electron chi connectivity index (χ3n) is 2.00. The monoisotopic (exact) mass is 173 g/mol. The highest BCUT2D eigenvalue weighted by molar-refractivity contribution is 6.50. The maximum absolute atomic E-state index is 11.3. The zero-order valence-electron chi connectivity index (χ0n) is 7.07. The molecule has 0 bridgehead atoms. The first-order chi connectivity index (χ1) is 6.20. The average Bonchev–Trinajstić information content (AvgIpc) is 2.15. The van der Waals surface area contributed by atoms with Gasteiger partial charge in [-0.1, -0.05) is 0 Å². The minimum atomic E-state index is -0.464. The van der Waals surface area contributed by atoms with E-state index >= 15 is 0 Å². The normalized spacial score (nSPS) is 15.3. The van der Waals surface area contributed by atoms with E-state index < -0.39 is 11.6 Å². The van der Waals surface area contributed by atoms with Crippen molar-refractivity contribution in [3.05, 3.63) is 35.7 Å². The molecule has 0 atom stereocenters. The number of nitrogens with zero attached hydrogens (tertiary/aromatic N) is 1. The molecule has 3 heteroatoms. The third-order valence-corrected chi connectivity index (χ3v) is 2.00. The molecule has 0 saturated carbocycles. The largest absolute Gasteiger partial charge is 0.286 e. The summed E-state index contributed by atoms with van der Waals surface area (Å²) in [5.41, 5.74) is 1.78. The molecule has 0 aromatic carbocycles. The van der Waals surface area contributed by atoms with Crippen LogP contribution < -0.4 is 0 Å². The van der Waals surface area contributed by atoms with Gasteiger partial charge in [-0.25, -0.2) is 0 Å². The summed E-state index contributed by atoms with van der Waals surface area (Å²) >= 11 is 0. The Labute approximate surface area is 75.1 Å². The molecule has 1 aliphatic rings. The molecule has 1 aromatic heterocycles. The minimum Gasteiger partial charge on any atom is -0.286 e. The molecule has 0 aliphatic heterocycles. The van der Waals surface area contributed by atoms with E-state index in [9.17, 15) is 9.59 Å². The second-order valence-corrected chi connectivity index (χ2v) is 2.92. The lowest BCUT2D eigenvalue weighted by atomic mass is 9.95. The van der Waals surface area contributed by atoms with Crippen LogP contribution in [-0.2, 0) is 4.79 Å². The minimum absolute atomic E-state index is 0.410. The Balaban J connectivity index is 2.72. The number of rotatable bonds is 0. The number of Topliss-reactive ketones (excluding diaryl/α,β-unsaturated/α-hetero) is 1. The van der Waals surface area contributed by atoms with E-state index in [0.717, 1.165) is 5.57 Å². The van der Waals surface area contributed by atoms with Crippen molar-refractivity contribution in [2.75, 3.05) is 0 Å². The SMILES string of the molecule is CC1=CC(=O)C(=O)c2cccnc21. The Morgan fingerprint density at radius 3 is 2.85 bits per heavy atom. The van der Waals surface area contributed by atoms with E-state index in [2.05, 4.69) is 4.98 Å². The molecule has 0 spiro atoms. The van der Waals surface area contributed by atoms with Crippen LogP contribution in [0.1, 0.15) is 23.0 Å².